The summed E-state index contributed by atoms with van der Waals surface area (Å²) in [6, 6.07) is 5.34. The zero-order chi connectivity index (χ0) is 14.8. The van der Waals surface area contributed by atoms with Crippen LogP contribution in [-0.2, 0) is 4.79 Å². The van der Waals surface area contributed by atoms with Gasteiger partial charge in [-0.15, -0.1) is 0 Å². The van der Waals surface area contributed by atoms with Crippen LogP contribution in [0.4, 0.5) is 5.69 Å². The van der Waals surface area contributed by atoms with E-state index in [1.165, 1.54) is 0 Å². The highest BCUT2D eigenvalue weighted by Gasteiger charge is 2.31. The topological polar surface area (TPSA) is 87.7 Å². The number of carboxylic acids is 1. The van der Waals surface area contributed by atoms with Crippen molar-refractivity contribution in [3.05, 3.63) is 23.8 Å². The van der Waals surface area contributed by atoms with Crippen LogP contribution in [0.3, 0.4) is 0 Å². The fraction of sp³-hybridized carbons (Fsp3) is 0.467. The standard InChI is InChI=1S/C15H18N2O4/c18-14(17-10-5-4-9(8-10)15(19)20)11-2-1-3-12-13(11)21-7-6-16-12/h1-3,9-10,16H,4-8H2,(H,17,18)(H,19,20). The molecule has 6 heteroatoms. The number of nitrogens with one attached hydrogen (secondary N) is 2. The maximum absolute atomic E-state index is 12.4. The number of carbonyl (C=O) groups excluding carboxylic acids is 1. The lowest BCUT2D eigenvalue weighted by Crippen LogP contribution is -2.34. The number of carboxylic acid groups (broad SMARTS) is 1. The Kier molecular flexibility index (Phi) is 3.68. The summed E-state index contributed by atoms with van der Waals surface area (Å²) >= 11 is 0. The number of rotatable bonds is 3. The van der Waals surface area contributed by atoms with Crippen molar-refractivity contribution in [1.29, 1.82) is 0 Å². The lowest BCUT2D eigenvalue weighted by Gasteiger charge is -2.22. The van der Waals surface area contributed by atoms with Crippen LogP contribution in [-0.4, -0.2) is 36.2 Å². The average molecular weight is 290 g/mol. The Morgan fingerprint density at radius 3 is 2.95 bits per heavy atom. The van der Waals surface area contributed by atoms with Crippen LogP contribution in [0.25, 0.3) is 0 Å². The fourth-order valence-electron chi connectivity index (χ4n) is 2.95. The zero-order valence-electron chi connectivity index (χ0n) is 11.6. The molecule has 112 valence electrons. The van der Waals surface area contributed by atoms with E-state index in [0.29, 0.717) is 37.2 Å². The summed E-state index contributed by atoms with van der Waals surface area (Å²) in [5, 5.41) is 15.1. The summed E-state index contributed by atoms with van der Waals surface area (Å²) in [5.41, 5.74) is 1.32. The minimum atomic E-state index is -0.781. The molecule has 1 aromatic rings. The van der Waals surface area contributed by atoms with E-state index < -0.39 is 5.97 Å². The van der Waals surface area contributed by atoms with Crippen LogP contribution < -0.4 is 15.4 Å². The molecule has 1 heterocycles. The average Bonchev–Trinajstić information content (AvgIpc) is 2.95. The van der Waals surface area contributed by atoms with E-state index in [1.807, 2.05) is 12.1 Å². The van der Waals surface area contributed by atoms with Gasteiger partial charge < -0.3 is 20.5 Å². The van der Waals surface area contributed by atoms with Crippen LogP contribution in [0, 0.1) is 5.92 Å². The monoisotopic (exact) mass is 290 g/mol. The van der Waals surface area contributed by atoms with Gasteiger partial charge in [-0.2, -0.15) is 0 Å². The van der Waals surface area contributed by atoms with Crippen molar-refractivity contribution >= 4 is 17.6 Å². The molecule has 1 amide bonds. The zero-order valence-corrected chi connectivity index (χ0v) is 11.6. The Balaban J connectivity index is 1.70. The molecule has 3 rings (SSSR count). The van der Waals surface area contributed by atoms with Crippen LogP contribution in [0.2, 0.25) is 0 Å². The van der Waals surface area contributed by atoms with Crippen molar-refractivity contribution < 1.29 is 19.4 Å². The van der Waals surface area contributed by atoms with Crippen molar-refractivity contribution in [2.75, 3.05) is 18.5 Å². The molecule has 0 aromatic heterocycles. The summed E-state index contributed by atoms with van der Waals surface area (Å²) in [5.74, 6) is -0.755. The molecule has 1 aliphatic heterocycles. The molecule has 0 saturated heterocycles. The van der Waals surface area contributed by atoms with Crippen LogP contribution in [0.5, 0.6) is 5.75 Å². The molecule has 2 atom stereocenters. The van der Waals surface area contributed by atoms with Crippen molar-refractivity contribution in [3.8, 4) is 5.75 Å². The summed E-state index contributed by atoms with van der Waals surface area (Å²) in [4.78, 5) is 23.3. The first kappa shape index (κ1) is 13.7. The Labute approximate surface area is 122 Å². The molecule has 1 aliphatic carbocycles. The molecule has 0 spiro atoms. The van der Waals surface area contributed by atoms with Gasteiger partial charge in [-0.25, -0.2) is 0 Å². The second-order valence-electron chi connectivity index (χ2n) is 5.48. The number of hydrogen-bond donors (Lipinski definition) is 3. The molecule has 2 unspecified atom stereocenters. The van der Waals surface area contributed by atoms with E-state index in [4.69, 9.17) is 9.84 Å². The second kappa shape index (κ2) is 5.63. The normalized spacial score (nSPS) is 23.6. The predicted molar refractivity (Wildman–Crippen MR) is 76.7 cm³/mol. The van der Waals surface area contributed by atoms with Gasteiger partial charge in [-0.05, 0) is 31.4 Å². The Morgan fingerprint density at radius 2 is 2.19 bits per heavy atom. The highest BCUT2D eigenvalue weighted by molar-refractivity contribution is 5.99. The predicted octanol–water partition coefficient (Wildman–Crippen LogP) is 1.47. The third-order valence-corrected chi connectivity index (χ3v) is 4.04. The number of amides is 1. The maximum Gasteiger partial charge on any atom is 0.306 e. The number of benzene rings is 1. The Morgan fingerprint density at radius 1 is 1.33 bits per heavy atom. The number of fused-ring (bicyclic) bond motifs is 1. The lowest BCUT2D eigenvalue weighted by atomic mass is 10.1. The number of ether oxygens (including phenoxy) is 1. The minimum absolute atomic E-state index is 0.0778. The third-order valence-electron chi connectivity index (χ3n) is 4.04. The van der Waals surface area contributed by atoms with Gasteiger partial charge in [0.2, 0.25) is 0 Å². The van der Waals surface area contributed by atoms with Crippen LogP contribution >= 0.6 is 0 Å². The molecule has 2 aliphatic rings. The van der Waals surface area contributed by atoms with Gasteiger partial charge in [0.1, 0.15) is 6.61 Å². The first-order valence-electron chi connectivity index (χ1n) is 7.18. The summed E-state index contributed by atoms with van der Waals surface area (Å²) in [6.07, 6.45) is 1.82. The molecular weight excluding hydrogens is 272 g/mol. The summed E-state index contributed by atoms with van der Waals surface area (Å²) in [6.45, 7) is 1.25. The smallest absolute Gasteiger partial charge is 0.306 e. The van der Waals surface area contributed by atoms with E-state index in [2.05, 4.69) is 10.6 Å². The highest BCUT2D eigenvalue weighted by Crippen LogP contribution is 2.32. The molecule has 0 radical (unpaired) electrons. The number of aliphatic carboxylic acids is 1. The number of carbonyl (C=O) groups is 2. The van der Waals surface area contributed by atoms with E-state index in [-0.39, 0.29) is 17.9 Å². The van der Waals surface area contributed by atoms with Crippen LogP contribution in [0.15, 0.2) is 18.2 Å². The maximum atomic E-state index is 12.4. The molecule has 6 nitrogen and oxygen atoms in total. The second-order valence-corrected chi connectivity index (χ2v) is 5.48. The first-order valence-corrected chi connectivity index (χ1v) is 7.18. The molecule has 3 N–H and O–H groups in total. The number of anilines is 1. The lowest BCUT2D eigenvalue weighted by molar-refractivity contribution is -0.141. The van der Waals surface area contributed by atoms with Gasteiger partial charge in [0, 0.05) is 12.6 Å². The largest absolute Gasteiger partial charge is 0.489 e. The highest BCUT2D eigenvalue weighted by atomic mass is 16.5. The van der Waals surface area contributed by atoms with Crippen LogP contribution in [0.1, 0.15) is 29.6 Å². The minimum Gasteiger partial charge on any atom is -0.489 e. The summed E-state index contributed by atoms with van der Waals surface area (Å²) in [7, 11) is 0. The molecule has 21 heavy (non-hydrogen) atoms. The van der Waals surface area contributed by atoms with Crippen molar-refractivity contribution in [2.24, 2.45) is 5.92 Å². The van der Waals surface area contributed by atoms with Gasteiger partial charge in [0.25, 0.3) is 5.91 Å². The number of hydrogen-bond acceptors (Lipinski definition) is 4. The van der Waals surface area contributed by atoms with Crippen molar-refractivity contribution in [2.45, 2.75) is 25.3 Å². The molecule has 1 aromatic carbocycles. The van der Waals surface area contributed by atoms with Gasteiger partial charge in [-0.3, -0.25) is 9.59 Å². The first-order chi connectivity index (χ1) is 10.1. The quantitative estimate of drug-likeness (QED) is 0.784. The van der Waals surface area contributed by atoms with E-state index in [0.717, 1.165) is 12.2 Å². The SMILES string of the molecule is O=C(NC1CCC(C(=O)O)C1)c1cccc2c1OCCN2. The van der Waals surface area contributed by atoms with Gasteiger partial charge in [0.05, 0.1) is 17.2 Å². The van der Waals surface area contributed by atoms with Gasteiger partial charge in [0.15, 0.2) is 5.75 Å². The van der Waals surface area contributed by atoms with Gasteiger partial charge >= 0.3 is 5.97 Å². The molecule has 1 fully saturated rings. The van der Waals surface area contributed by atoms with E-state index in [9.17, 15) is 9.59 Å². The molecular formula is C15H18N2O4. The third kappa shape index (κ3) is 2.79. The molecule has 1 saturated carbocycles. The Hall–Kier alpha value is -2.24. The fourth-order valence-corrected chi connectivity index (χ4v) is 2.95. The van der Waals surface area contributed by atoms with Crippen molar-refractivity contribution in [3.63, 3.8) is 0 Å². The van der Waals surface area contributed by atoms with Gasteiger partial charge in [-0.1, -0.05) is 6.07 Å². The van der Waals surface area contributed by atoms with E-state index >= 15 is 0 Å². The molecule has 0 bridgehead atoms. The van der Waals surface area contributed by atoms with E-state index in [1.54, 1.807) is 6.07 Å². The summed E-state index contributed by atoms with van der Waals surface area (Å²) < 4.78 is 5.58. The Bertz CT molecular complexity index is 573. The number of para-hydroxylation sites is 1. The van der Waals surface area contributed by atoms with Crippen molar-refractivity contribution in [1.82, 2.24) is 5.32 Å².